The first-order valence-corrected chi connectivity index (χ1v) is 10.2. The summed E-state index contributed by atoms with van der Waals surface area (Å²) in [6, 6.07) is 16.6. The summed E-state index contributed by atoms with van der Waals surface area (Å²) in [5.74, 6) is 0.564. The third kappa shape index (κ3) is 3.01. The molecule has 26 heavy (non-hydrogen) atoms. The summed E-state index contributed by atoms with van der Waals surface area (Å²) >= 11 is 1.55. The number of anilines is 1. The van der Waals surface area contributed by atoms with E-state index in [4.69, 9.17) is 4.98 Å². The maximum absolute atomic E-state index is 12.9. The second kappa shape index (κ2) is 7.16. The summed E-state index contributed by atoms with van der Waals surface area (Å²) in [5, 5.41) is 0.932. The zero-order valence-electron chi connectivity index (χ0n) is 15.2. The zero-order chi connectivity index (χ0) is 18.1. The van der Waals surface area contributed by atoms with Crippen molar-refractivity contribution in [2.24, 2.45) is 0 Å². The van der Waals surface area contributed by atoms with Crippen molar-refractivity contribution in [1.29, 1.82) is 0 Å². The van der Waals surface area contributed by atoms with E-state index in [9.17, 15) is 4.79 Å². The number of thioether (sulfide) groups is 1. The number of nitrogens with zero attached hydrogens (tertiary/aromatic N) is 3. The standard InChI is InChI=1S/C21H23N3OS/c1-3-12-23-19-11-7-5-9-17(19)22-21(23)26-14-20(25)24-15(2)13-16-8-4-6-10-18(16)24/h4-11,15H,3,12-14H2,1-2H3/t15-/m1/s1. The molecule has 1 atom stereocenters. The van der Waals surface area contributed by atoms with Gasteiger partial charge >= 0.3 is 0 Å². The molecule has 0 saturated heterocycles. The Balaban J connectivity index is 1.55. The van der Waals surface area contributed by atoms with Crippen molar-refractivity contribution in [2.45, 2.75) is 44.4 Å². The second-order valence-corrected chi connectivity index (χ2v) is 7.71. The van der Waals surface area contributed by atoms with Gasteiger partial charge in [-0.2, -0.15) is 0 Å². The monoisotopic (exact) mass is 365 g/mol. The van der Waals surface area contributed by atoms with Gasteiger partial charge in [0.05, 0.1) is 16.8 Å². The smallest absolute Gasteiger partial charge is 0.237 e. The normalized spacial score (nSPS) is 16.2. The Morgan fingerprint density at radius 1 is 1.19 bits per heavy atom. The summed E-state index contributed by atoms with van der Waals surface area (Å²) < 4.78 is 2.23. The van der Waals surface area contributed by atoms with Gasteiger partial charge in [-0.1, -0.05) is 49.0 Å². The summed E-state index contributed by atoms with van der Waals surface area (Å²) in [4.78, 5) is 19.6. The average Bonchev–Trinajstić information content (AvgIpc) is 3.17. The molecule has 0 bridgehead atoms. The molecule has 1 aromatic heterocycles. The van der Waals surface area contributed by atoms with Gasteiger partial charge in [0.25, 0.3) is 0 Å². The van der Waals surface area contributed by atoms with Crippen LogP contribution in [0.3, 0.4) is 0 Å². The summed E-state index contributed by atoms with van der Waals surface area (Å²) in [7, 11) is 0. The van der Waals surface area contributed by atoms with Gasteiger partial charge in [0.2, 0.25) is 5.91 Å². The Morgan fingerprint density at radius 2 is 1.96 bits per heavy atom. The fourth-order valence-electron chi connectivity index (χ4n) is 3.74. The van der Waals surface area contributed by atoms with Gasteiger partial charge in [-0.3, -0.25) is 4.79 Å². The van der Waals surface area contributed by atoms with E-state index >= 15 is 0 Å². The van der Waals surface area contributed by atoms with E-state index in [0.717, 1.165) is 41.3 Å². The molecule has 0 unspecified atom stereocenters. The van der Waals surface area contributed by atoms with Crippen LogP contribution in [-0.4, -0.2) is 27.3 Å². The molecule has 0 spiro atoms. The lowest BCUT2D eigenvalue weighted by Gasteiger charge is -2.22. The molecule has 4 nitrogen and oxygen atoms in total. The van der Waals surface area contributed by atoms with Gasteiger partial charge in [0, 0.05) is 18.3 Å². The lowest BCUT2D eigenvalue weighted by molar-refractivity contribution is -0.116. The topological polar surface area (TPSA) is 38.1 Å². The van der Waals surface area contributed by atoms with Crippen LogP contribution < -0.4 is 4.90 Å². The van der Waals surface area contributed by atoms with Gasteiger partial charge in [-0.15, -0.1) is 0 Å². The Kier molecular flexibility index (Phi) is 4.72. The Hall–Kier alpha value is -2.27. The molecular formula is C21H23N3OS. The van der Waals surface area contributed by atoms with Crippen molar-refractivity contribution in [1.82, 2.24) is 9.55 Å². The largest absolute Gasteiger partial charge is 0.319 e. The van der Waals surface area contributed by atoms with Gasteiger partial charge in [-0.05, 0) is 43.5 Å². The second-order valence-electron chi connectivity index (χ2n) is 6.77. The number of aromatic nitrogens is 2. The van der Waals surface area contributed by atoms with Crippen LogP contribution in [0.15, 0.2) is 53.7 Å². The number of rotatable bonds is 5. The fourth-order valence-corrected chi connectivity index (χ4v) is 4.64. The SMILES string of the molecule is CCCn1c(SCC(=O)N2c3ccccc3C[C@H]2C)nc2ccccc21. The third-order valence-electron chi connectivity index (χ3n) is 4.87. The number of benzene rings is 2. The molecule has 0 radical (unpaired) electrons. The highest BCUT2D eigenvalue weighted by Gasteiger charge is 2.30. The summed E-state index contributed by atoms with van der Waals surface area (Å²) in [6.07, 6.45) is 1.97. The van der Waals surface area contributed by atoms with Gasteiger partial charge < -0.3 is 9.47 Å². The Morgan fingerprint density at radius 3 is 2.81 bits per heavy atom. The molecule has 4 rings (SSSR count). The highest BCUT2D eigenvalue weighted by atomic mass is 32.2. The maximum atomic E-state index is 12.9. The van der Waals surface area contributed by atoms with Crippen LogP contribution in [0.25, 0.3) is 11.0 Å². The molecular weight excluding hydrogens is 342 g/mol. The number of carbonyl (C=O) groups excluding carboxylic acids is 1. The van der Waals surface area contributed by atoms with Crippen molar-refractivity contribution in [3.8, 4) is 0 Å². The molecule has 0 N–H and O–H groups in total. The number of amides is 1. The minimum atomic E-state index is 0.155. The van der Waals surface area contributed by atoms with Gasteiger partial charge in [-0.25, -0.2) is 4.98 Å². The van der Waals surface area contributed by atoms with Crippen molar-refractivity contribution in [3.63, 3.8) is 0 Å². The number of imidazole rings is 1. The molecule has 1 aliphatic rings. The average molecular weight is 366 g/mol. The molecule has 1 aliphatic heterocycles. The molecule has 134 valence electrons. The third-order valence-corrected chi connectivity index (χ3v) is 5.83. The maximum Gasteiger partial charge on any atom is 0.237 e. The predicted molar refractivity (Wildman–Crippen MR) is 108 cm³/mol. The van der Waals surface area contributed by atoms with Crippen molar-refractivity contribution in [3.05, 3.63) is 54.1 Å². The van der Waals surface area contributed by atoms with Gasteiger partial charge in [0.15, 0.2) is 5.16 Å². The highest BCUT2D eigenvalue weighted by Crippen LogP contribution is 2.33. The zero-order valence-corrected chi connectivity index (χ0v) is 16.0. The van der Waals surface area contributed by atoms with E-state index in [2.05, 4.69) is 30.5 Å². The van der Waals surface area contributed by atoms with Crippen molar-refractivity contribution >= 4 is 34.4 Å². The van der Waals surface area contributed by atoms with Crippen LogP contribution in [0.2, 0.25) is 0 Å². The number of hydrogen-bond acceptors (Lipinski definition) is 3. The first kappa shape index (κ1) is 17.2. The van der Waals surface area contributed by atoms with Crippen LogP contribution in [0, 0.1) is 0 Å². The number of carbonyl (C=O) groups is 1. The van der Waals surface area contributed by atoms with Crippen LogP contribution in [-0.2, 0) is 17.8 Å². The van der Waals surface area contributed by atoms with Crippen LogP contribution in [0.1, 0.15) is 25.8 Å². The minimum absolute atomic E-state index is 0.155. The van der Waals surface area contributed by atoms with Crippen molar-refractivity contribution in [2.75, 3.05) is 10.7 Å². The van der Waals surface area contributed by atoms with E-state index < -0.39 is 0 Å². The van der Waals surface area contributed by atoms with Crippen LogP contribution in [0.5, 0.6) is 0 Å². The van der Waals surface area contributed by atoms with E-state index in [1.807, 2.05) is 41.3 Å². The van der Waals surface area contributed by atoms with Crippen LogP contribution in [0.4, 0.5) is 5.69 Å². The van der Waals surface area contributed by atoms with E-state index in [1.165, 1.54) is 5.56 Å². The quantitative estimate of drug-likeness (QED) is 0.624. The lowest BCUT2D eigenvalue weighted by Crippen LogP contribution is -2.37. The predicted octanol–water partition coefficient (Wildman–Crippen LogP) is 4.52. The summed E-state index contributed by atoms with van der Waals surface area (Å²) in [5.41, 5.74) is 4.46. The molecule has 3 aromatic rings. The number of fused-ring (bicyclic) bond motifs is 2. The number of para-hydroxylation sites is 3. The molecule has 1 amide bonds. The van der Waals surface area contributed by atoms with E-state index in [-0.39, 0.29) is 11.9 Å². The molecule has 5 heteroatoms. The van der Waals surface area contributed by atoms with Crippen molar-refractivity contribution < 1.29 is 4.79 Å². The minimum Gasteiger partial charge on any atom is -0.319 e. The molecule has 2 aromatic carbocycles. The number of hydrogen-bond donors (Lipinski definition) is 0. The summed E-state index contributed by atoms with van der Waals surface area (Å²) in [6.45, 7) is 5.20. The van der Waals surface area contributed by atoms with E-state index in [0.29, 0.717) is 5.75 Å². The molecule has 0 saturated carbocycles. The molecule has 2 heterocycles. The Bertz CT molecular complexity index is 949. The molecule has 0 fully saturated rings. The first-order valence-electron chi connectivity index (χ1n) is 9.17. The fraction of sp³-hybridized carbons (Fsp3) is 0.333. The lowest BCUT2D eigenvalue weighted by atomic mass is 10.1. The van der Waals surface area contributed by atoms with Gasteiger partial charge in [0.1, 0.15) is 0 Å². The molecule has 0 aliphatic carbocycles. The first-order chi connectivity index (χ1) is 12.7. The highest BCUT2D eigenvalue weighted by molar-refractivity contribution is 7.99. The van der Waals surface area contributed by atoms with Crippen LogP contribution >= 0.6 is 11.8 Å². The number of aryl methyl sites for hydroxylation is 1. The van der Waals surface area contributed by atoms with E-state index in [1.54, 1.807) is 11.8 Å². The Labute approximate surface area is 158 Å².